The fraction of sp³-hybridized carbons (Fsp3) is 0.538. The number of nitrogens with one attached hydrogen (secondary N) is 1. The minimum atomic E-state index is -4.25. The van der Waals surface area contributed by atoms with Crippen molar-refractivity contribution < 1.29 is 13.2 Å². The number of rotatable bonds is 4. The van der Waals surface area contributed by atoms with E-state index in [-0.39, 0.29) is 0 Å². The van der Waals surface area contributed by atoms with Gasteiger partial charge in [-0.3, -0.25) is 4.90 Å². The molecule has 1 aromatic carbocycles. The molecule has 6 heteroatoms. The third-order valence-corrected chi connectivity index (χ3v) is 4.02. The number of thioether (sulfide) groups is 1. The lowest BCUT2D eigenvalue weighted by molar-refractivity contribution is -0.137. The lowest BCUT2D eigenvalue weighted by Crippen LogP contribution is -2.44. The Morgan fingerprint density at radius 3 is 2.63 bits per heavy atom. The van der Waals surface area contributed by atoms with E-state index in [0.717, 1.165) is 44.5 Å². The van der Waals surface area contributed by atoms with Crippen LogP contribution in [0.4, 0.5) is 13.2 Å². The van der Waals surface area contributed by atoms with Gasteiger partial charge in [0.05, 0.1) is 5.56 Å². The Morgan fingerprint density at radius 2 is 1.95 bits per heavy atom. The summed E-state index contributed by atoms with van der Waals surface area (Å²) >= 11 is 1.48. The number of hydrogen-bond donors (Lipinski definition) is 1. The summed E-state index contributed by atoms with van der Waals surface area (Å²) in [6.07, 6.45) is -4.25. The smallest absolute Gasteiger partial charge is 0.314 e. The average molecular weight is 290 g/mol. The second-order valence-electron chi connectivity index (χ2n) is 4.47. The van der Waals surface area contributed by atoms with Crippen LogP contribution in [0.25, 0.3) is 0 Å². The number of piperazine rings is 1. The van der Waals surface area contributed by atoms with Crippen LogP contribution in [0.15, 0.2) is 29.2 Å². The summed E-state index contributed by atoms with van der Waals surface area (Å²) < 4.78 is 37.7. The maximum absolute atomic E-state index is 12.6. The second-order valence-corrected chi connectivity index (χ2v) is 5.63. The molecule has 0 atom stereocenters. The molecule has 0 unspecified atom stereocenters. The Morgan fingerprint density at radius 1 is 1.21 bits per heavy atom. The summed E-state index contributed by atoms with van der Waals surface area (Å²) in [5.74, 6) is 0.821. The normalized spacial score (nSPS) is 17.6. The lowest BCUT2D eigenvalue weighted by Gasteiger charge is -2.26. The van der Waals surface area contributed by atoms with Crippen molar-refractivity contribution in [3.8, 4) is 0 Å². The van der Waals surface area contributed by atoms with Gasteiger partial charge in [-0.25, -0.2) is 0 Å². The summed E-state index contributed by atoms with van der Waals surface area (Å²) in [5, 5.41) is 3.27. The molecule has 106 valence electrons. The van der Waals surface area contributed by atoms with E-state index in [0.29, 0.717) is 4.90 Å². The van der Waals surface area contributed by atoms with Crippen LogP contribution in [0.3, 0.4) is 0 Å². The fourth-order valence-electron chi connectivity index (χ4n) is 1.99. The summed E-state index contributed by atoms with van der Waals surface area (Å²) in [4.78, 5) is 3.02. The van der Waals surface area contributed by atoms with Gasteiger partial charge in [0.2, 0.25) is 0 Å². The van der Waals surface area contributed by atoms with E-state index in [9.17, 15) is 13.2 Å². The highest BCUT2D eigenvalue weighted by Crippen LogP contribution is 2.31. The van der Waals surface area contributed by atoms with Crippen molar-refractivity contribution in [3.63, 3.8) is 0 Å². The van der Waals surface area contributed by atoms with E-state index < -0.39 is 11.7 Å². The number of alkyl halides is 3. The van der Waals surface area contributed by atoms with Crippen LogP contribution < -0.4 is 5.32 Å². The van der Waals surface area contributed by atoms with Crippen molar-refractivity contribution in [2.75, 3.05) is 38.5 Å². The van der Waals surface area contributed by atoms with E-state index >= 15 is 0 Å². The van der Waals surface area contributed by atoms with E-state index in [1.54, 1.807) is 6.07 Å². The Kier molecular flexibility index (Phi) is 5.13. The first-order valence-electron chi connectivity index (χ1n) is 6.29. The monoisotopic (exact) mass is 290 g/mol. The van der Waals surface area contributed by atoms with Gasteiger partial charge >= 0.3 is 6.18 Å². The van der Waals surface area contributed by atoms with E-state index in [4.69, 9.17) is 0 Å². The molecule has 1 aliphatic rings. The zero-order chi connectivity index (χ0) is 13.7. The minimum absolute atomic E-state index is 0.570. The van der Waals surface area contributed by atoms with Gasteiger partial charge in [0.1, 0.15) is 0 Å². The summed E-state index contributed by atoms with van der Waals surface area (Å²) in [5.41, 5.74) is -0.570. The van der Waals surface area contributed by atoms with Crippen LogP contribution in [0.5, 0.6) is 0 Å². The fourth-order valence-corrected chi connectivity index (χ4v) is 2.96. The van der Waals surface area contributed by atoms with E-state index in [1.807, 2.05) is 0 Å². The van der Waals surface area contributed by atoms with Gasteiger partial charge in [0, 0.05) is 43.4 Å². The molecule has 0 bridgehead atoms. The zero-order valence-corrected chi connectivity index (χ0v) is 11.4. The topological polar surface area (TPSA) is 15.3 Å². The number of hydrogen-bond acceptors (Lipinski definition) is 3. The van der Waals surface area contributed by atoms with Crippen LogP contribution in [0.2, 0.25) is 0 Å². The predicted molar refractivity (Wildman–Crippen MR) is 71.5 cm³/mol. The molecule has 1 fully saturated rings. The molecule has 2 nitrogen and oxygen atoms in total. The van der Waals surface area contributed by atoms with Crippen LogP contribution >= 0.6 is 11.8 Å². The van der Waals surface area contributed by atoms with Crippen molar-refractivity contribution in [1.82, 2.24) is 10.2 Å². The summed E-state index contributed by atoms with van der Waals surface area (Å²) in [7, 11) is 0. The maximum Gasteiger partial charge on any atom is 0.416 e. The second kappa shape index (κ2) is 6.63. The lowest BCUT2D eigenvalue weighted by atomic mass is 10.2. The first-order valence-corrected chi connectivity index (χ1v) is 7.27. The highest BCUT2D eigenvalue weighted by atomic mass is 32.2. The molecule has 0 radical (unpaired) electrons. The summed E-state index contributed by atoms with van der Waals surface area (Å²) in [6.45, 7) is 4.94. The molecular formula is C13H17F3N2S. The molecule has 1 heterocycles. The highest BCUT2D eigenvalue weighted by molar-refractivity contribution is 7.99. The van der Waals surface area contributed by atoms with Gasteiger partial charge < -0.3 is 5.32 Å². The van der Waals surface area contributed by atoms with Crippen LogP contribution in [-0.4, -0.2) is 43.4 Å². The predicted octanol–water partition coefficient (Wildman–Crippen LogP) is 2.70. The van der Waals surface area contributed by atoms with Gasteiger partial charge in [-0.1, -0.05) is 6.07 Å². The van der Waals surface area contributed by atoms with Gasteiger partial charge in [-0.2, -0.15) is 13.2 Å². The SMILES string of the molecule is FC(F)(F)c1cccc(SCCN2CCNCC2)c1. The molecule has 1 N–H and O–H groups in total. The Labute approximate surface area is 115 Å². The van der Waals surface area contributed by atoms with Gasteiger partial charge in [-0.05, 0) is 18.2 Å². The van der Waals surface area contributed by atoms with Gasteiger partial charge in [-0.15, -0.1) is 11.8 Å². The number of halogens is 3. The van der Waals surface area contributed by atoms with Crippen molar-refractivity contribution in [2.45, 2.75) is 11.1 Å². The largest absolute Gasteiger partial charge is 0.416 e. The first kappa shape index (κ1) is 14.7. The molecule has 0 amide bonds. The average Bonchev–Trinajstić information content (AvgIpc) is 2.39. The van der Waals surface area contributed by atoms with Crippen LogP contribution in [0, 0.1) is 0 Å². The first-order chi connectivity index (χ1) is 9.05. The number of benzene rings is 1. The molecule has 19 heavy (non-hydrogen) atoms. The molecule has 1 aromatic rings. The molecule has 0 spiro atoms. The molecule has 0 aliphatic carbocycles. The molecule has 1 saturated heterocycles. The highest BCUT2D eigenvalue weighted by Gasteiger charge is 2.30. The van der Waals surface area contributed by atoms with Crippen LogP contribution in [0.1, 0.15) is 5.56 Å². The molecule has 0 aromatic heterocycles. The van der Waals surface area contributed by atoms with Crippen LogP contribution in [-0.2, 0) is 6.18 Å². The maximum atomic E-state index is 12.6. The van der Waals surface area contributed by atoms with Crippen molar-refractivity contribution in [3.05, 3.63) is 29.8 Å². The molecule has 0 saturated carbocycles. The standard InChI is InChI=1S/C13H17F3N2S/c14-13(15,16)11-2-1-3-12(10-11)19-9-8-18-6-4-17-5-7-18/h1-3,10,17H,4-9H2. The van der Waals surface area contributed by atoms with Crippen molar-refractivity contribution in [2.24, 2.45) is 0 Å². The van der Waals surface area contributed by atoms with Crippen molar-refractivity contribution in [1.29, 1.82) is 0 Å². The van der Waals surface area contributed by atoms with Gasteiger partial charge in [0.25, 0.3) is 0 Å². The Bertz CT molecular complexity index is 403. The van der Waals surface area contributed by atoms with E-state index in [2.05, 4.69) is 10.2 Å². The van der Waals surface area contributed by atoms with E-state index in [1.165, 1.54) is 23.9 Å². The molecular weight excluding hydrogens is 273 g/mol. The third kappa shape index (κ3) is 4.71. The zero-order valence-electron chi connectivity index (χ0n) is 10.5. The Hall–Kier alpha value is -0.720. The minimum Gasteiger partial charge on any atom is -0.314 e. The molecule has 2 rings (SSSR count). The van der Waals surface area contributed by atoms with Crippen molar-refractivity contribution >= 4 is 11.8 Å². The van der Waals surface area contributed by atoms with Gasteiger partial charge in [0.15, 0.2) is 0 Å². The quantitative estimate of drug-likeness (QED) is 0.858. The molecule has 1 aliphatic heterocycles. The number of nitrogens with zero attached hydrogens (tertiary/aromatic N) is 1. The Balaban J connectivity index is 1.82. The third-order valence-electron chi connectivity index (χ3n) is 3.05. The summed E-state index contributed by atoms with van der Waals surface area (Å²) in [6, 6.07) is 5.54.